The first-order valence-electron chi connectivity index (χ1n) is 7.50. The number of carbonyl (C=O) groups excluding carboxylic acids is 2. The van der Waals surface area contributed by atoms with Gasteiger partial charge in [0.25, 0.3) is 5.91 Å². The van der Waals surface area contributed by atoms with E-state index in [1.165, 1.54) is 7.11 Å². The number of carbonyl (C=O) groups is 2. The van der Waals surface area contributed by atoms with Crippen LogP contribution in [0.4, 0.5) is 5.69 Å². The summed E-state index contributed by atoms with van der Waals surface area (Å²) in [6.07, 6.45) is 3.91. The van der Waals surface area contributed by atoms with Gasteiger partial charge in [-0.1, -0.05) is 24.3 Å². The maximum atomic E-state index is 11.5. The molecular weight excluding hydrogens is 306 g/mol. The van der Waals surface area contributed by atoms with Crippen LogP contribution in [0, 0.1) is 6.92 Å². The van der Waals surface area contributed by atoms with E-state index >= 15 is 0 Å². The maximum absolute atomic E-state index is 11.5. The number of benzene rings is 2. The number of amides is 1. The molecule has 1 heterocycles. The molecule has 1 amide bonds. The molecule has 0 fully saturated rings. The van der Waals surface area contributed by atoms with E-state index in [9.17, 15) is 9.59 Å². The third-order valence-corrected chi connectivity index (χ3v) is 3.78. The van der Waals surface area contributed by atoms with Gasteiger partial charge in [-0.2, -0.15) is 0 Å². The molecular formula is C19H17NO4. The molecule has 2 aromatic rings. The zero-order chi connectivity index (χ0) is 17.1. The lowest BCUT2D eigenvalue weighted by Gasteiger charge is -2.17. The summed E-state index contributed by atoms with van der Waals surface area (Å²) in [4.78, 5) is 22.9. The maximum Gasteiger partial charge on any atom is 0.337 e. The summed E-state index contributed by atoms with van der Waals surface area (Å²) in [5, 5.41) is 2.79. The first-order chi connectivity index (χ1) is 11.6. The Morgan fingerprint density at radius 2 is 2.04 bits per heavy atom. The lowest BCUT2D eigenvalue weighted by molar-refractivity contribution is -0.118. The number of hydrogen-bond donors (Lipinski definition) is 1. The average Bonchev–Trinajstić information content (AvgIpc) is 2.59. The molecule has 0 bridgehead atoms. The molecule has 3 rings (SSSR count). The Labute approximate surface area is 139 Å². The Kier molecular flexibility index (Phi) is 4.33. The molecule has 0 unspecified atom stereocenters. The Balaban J connectivity index is 1.82. The first kappa shape index (κ1) is 15.8. The Morgan fingerprint density at radius 3 is 2.79 bits per heavy atom. The van der Waals surface area contributed by atoms with Gasteiger partial charge in [-0.25, -0.2) is 4.79 Å². The van der Waals surface area contributed by atoms with Crippen molar-refractivity contribution in [2.45, 2.75) is 6.92 Å². The van der Waals surface area contributed by atoms with Crippen LogP contribution in [0.1, 0.15) is 27.0 Å². The molecule has 0 saturated heterocycles. The minimum atomic E-state index is -0.348. The Morgan fingerprint density at radius 1 is 1.21 bits per heavy atom. The van der Waals surface area contributed by atoms with E-state index in [0.717, 1.165) is 16.7 Å². The monoisotopic (exact) mass is 323 g/mol. The normalized spacial score (nSPS) is 13.2. The van der Waals surface area contributed by atoms with Crippen LogP contribution in [0.3, 0.4) is 0 Å². The highest BCUT2D eigenvalue weighted by molar-refractivity contribution is 5.96. The van der Waals surface area contributed by atoms with Crippen LogP contribution < -0.4 is 10.1 Å². The van der Waals surface area contributed by atoms with Crippen LogP contribution in [-0.4, -0.2) is 25.6 Å². The van der Waals surface area contributed by atoms with Gasteiger partial charge in [0.05, 0.1) is 18.4 Å². The van der Waals surface area contributed by atoms with Gasteiger partial charge in [0.2, 0.25) is 0 Å². The molecule has 0 atom stereocenters. The molecule has 1 aliphatic heterocycles. The van der Waals surface area contributed by atoms with Gasteiger partial charge in [-0.05, 0) is 47.9 Å². The van der Waals surface area contributed by atoms with E-state index < -0.39 is 0 Å². The topological polar surface area (TPSA) is 64.6 Å². The van der Waals surface area contributed by atoms with E-state index in [-0.39, 0.29) is 18.5 Å². The van der Waals surface area contributed by atoms with Gasteiger partial charge in [-0.15, -0.1) is 0 Å². The first-order valence-corrected chi connectivity index (χ1v) is 7.50. The van der Waals surface area contributed by atoms with Crippen molar-refractivity contribution in [3.05, 3.63) is 58.7 Å². The summed E-state index contributed by atoms with van der Waals surface area (Å²) in [7, 11) is 1.37. The third kappa shape index (κ3) is 3.30. The lowest BCUT2D eigenvalue weighted by atomic mass is 10.0. The van der Waals surface area contributed by atoms with Crippen LogP contribution in [-0.2, 0) is 9.53 Å². The zero-order valence-corrected chi connectivity index (χ0v) is 13.5. The highest BCUT2D eigenvalue weighted by atomic mass is 16.5. The quantitative estimate of drug-likeness (QED) is 0.695. The molecule has 2 aromatic carbocycles. The largest absolute Gasteiger partial charge is 0.482 e. The predicted molar refractivity (Wildman–Crippen MR) is 92.0 cm³/mol. The number of nitrogens with one attached hydrogen (secondary N) is 1. The van der Waals surface area contributed by atoms with E-state index in [1.54, 1.807) is 12.1 Å². The molecule has 1 aliphatic rings. The van der Waals surface area contributed by atoms with E-state index in [4.69, 9.17) is 9.47 Å². The fraction of sp³-hybridized carbons (Fsp3) is 0.158. The summed E-state index contributed by atoms with van der Waals surface area (Å²) >= 11 is 0. The van der Waals surface area contributed by atoms with Crippen molar-refractivity contribution in [3.63, 3.8) is 0 Å². The van der Waals surface area contributed by atoms with Gasteiger partial charge in [-0.3, -0.25) is 4.79 Å². The molecule has 5 nitrogen and oxygen atoms in total. The molecule has 5 heteroatoms. The molecule has 122 valence electrons. The fourth-order valence-electron chi connectivity index (χ4n) is 2.50. The second-order valence-electron chi connectivity index (χ2n) is 5.49. The highest BCUT2D eigenvalue weighted by Crippen LogP contribution is 2.29. The van der Waals surface area contributed by atoms with E-state index in [1.807, 2.05) is 43.3 Å². The molecule has 0 aliphatic carbocycles. The van der Waals surface area contributed by atoms with E-state index in [0.29, 0.717) is 17.0 Å². The summed E-state index contributed by atoms with van der Waals surface area (Å²) in [5.41, 5.74) is 4.12. The minimum absolute atomic E-state index is 0.0495. The summed E-state index contributed by atoms with van der Waals surface area (Å²) < 4.78 is 10.1. The van der Waals surface area contributed by atoms with E-state index in [2.05, 4.69) is 5.32 Å². The summed E-state index contributed by atoms with van der Waals surface area (Å²) in [5.74, 6) is 0.169. The molecule has 1 N–H and O–H groups in total. The average molecular weight is 323 g/mol. The zero-order valence-electron chi connectivity index (χ0n) is 13.5. The number of hydrogen-bond acceptors (Lipinski definition) is 4. The molecule has 24 heavy (non-hydrogen) atoms. The summed E-state index contributed by atoms with van der Waals surface area (Å²) in [6, 6.07) is 11.0. The SMILES string of the molecule is COC(=O)c1ccc(C=Cc2ccc3c(c2)NC(=O)CO3)c(C)c1. The van der Waals surface area contributed by atoms with Crippen molar-refractivity contribution in [1.82, 2.24) is 0 Å². The van der Waals surface area contributed by atoms with Crippen LogP contribution in [0.5, 0.6) is 5.75 Å². The molecule has 0 aromatic heterocycles. The van der Waals surface area contributed by atoms with Crippen molar-refractivity contribution in [2.75, 3.05) is 19.0 Å². The van der Waals surface area contributed by atoms with Crippen molar-refractivity contribution in [1.29, 1.82) is 0 Å². The van der Waals surface area contributed by atoms with Gasteiger partial charge in [0, 0.05) is 0 Å². The minimum Gasteiger partial charge on any atom is -0.482 e. The standard InChI is InChI=1S/C19H17NO4/c1-12-9-15(19(22)23-2)7-6-14(12)5-3-13-4-8-17-16(10-13)20-18(21)11-24-17/h3-10H,11H2,1-2H3,(H,20,21). The van der Waals surface area contributed by atoms with Gasteiger partial charge >= 0.3 is 5.97 Å². The van der Waals surface area contributed by atoms with Crippen molar-refractivity contribution < 1.29 is 19.1 Å². The van der Waals surface area contributed by atoms with Crippen molar-refractivity contribution in [3.8, 4) is 5.75 Å². The van der Waals surface area contributed by atoms with Crippen LogP contribution in [0.25, 0.3) is 12.2 Å². The van der Waals surface area contributed by atoms with Crippen molar-refractivity contribution >= 4 is 29.7 Å². The highest BCUT2D eigenvalue weighted by Gasteiger charge is 2.15. The number of anilines is 1. The fourth-order valence-corrected chi connectivity index (χ4v) is 2.50. The third-order valence-electron chi connectivity index (χ3n) is 3.78. The second-order valence-corrected chi connectivity index (χ2v) is 5.49. The van der Waals surface area contributed by atoms with Crippen LogP contribution in [0.2, 0.25) is 0 Å². The van der Waals surface area contributed by atoms with Crippen LogP contribution >= 0.6 is 0 Å². The number of esters is 1. The van der Waals surface area contributed by atoms with Gasteiger partial charge in [0.1, 0.15) is 5.75 Å². The van der Waals surface area contributed by atoms with Gasteiger partial charge < -0.3 is 14.8 Å². The van der Waals surface area contributed by atoms with Crippen LogP contribution in [0.15, 0.2) is 36.4 Å². The smallest absolute Gasteiger partial charge is 0.337 e. The number of aryl methyl sites for hydroxylation is 1. The number of ether oxygens (including phenoxy) is 2. The molecule has 0 saturated carbocycles. The van der Waals surface area contributed by atoms with Crippen molar-refractivity contribution in [2.24, 2.45) is 0 Å². The van der Waals surface area contributed by atoms with Gasteiger partial charge in [0.15, 0.2) is 6.61 Å². The Hall–Kier alpha value is -3.08. The molecule has 0 radical (unpaired) electrons. The number of methoxy groups -OCH3 is 1. The number of rotatable bonds is 3. The predicted octanol–water partition coefficient (Wildman–Crippen LogP) is 3.28. The molecule has 0 spiro atoms. The number of fused-ring (bicyclic) bond motifs is 1. The summed E-state index contributed by atoms with van der Waals surface area (Å²) in [6.45, 7) is 1.99. The lowest BCUT2D eigenvalue weighted by Crippen LogP contribution is -2.25. The Bertz CT molecular complexity index is 839. The second kappa shape index (κ2) is 6.58.